The number of nitrogens with zero attached hydrogens (tertiary/aromatic N) is 4. The number of thiazole rings is 1. The first-order valence-corrected chi connectivity index (χ1v) is 14.6. The predicted octanol–water partition coefficient (Wildman–Crippen LogP) is -0.628. The van der Waals surface area contributed by atoms with Gasteiger partial charge in [0.15, 0.2) is 29.8 Å². The van der Waals surface area contributed by atoms with Crippen molar-refractivity contribution in [1.82, 2.24) is 15.2 Å². The number of carbonyl (C=O) groups is 4. The molecule has 0 saturated carbocycles. The van der Waals surface area contributed by atoms with Gasteiger partial charge >= 0.3 is 5.97 Å². The first kappa shape index (κ1) is 29.3. The highest BCUT2D eigenvalue weighted by atomic mass is 32.2. The summed E-state index contributed by atoms with van der Waals surface area (Å²) in [5.74, 6) is -3.81. The SMILES string of the molecule is CC(O/N=C(\C(=O)N[C@@H]1C(=O)N2C(C(=O)[O-])=C(CSc3cc[n+](CCF)cc3)CS[C@H]12)c1csc(N)n1)C(=O)O. The number of carboxylic acid groups (broad SMARTS) is 2. The smallest absolute Gasteiger partial charge is 0.347 e. The fraction of sp³-hybridized carbons (Fsp3) is 0.348. The van der Waals surface area contributed by atoms with Crippen LogP contribution in [0, 0.1) is 0 Å². The summed E-state index contributed by atoms with van der Waals surface area (Å²) < 4.78 is 14.2. The van der Waals surface area contributed by atoms with E-state index in [0.717, 1.165) is 21.1 Å². The van der Waals surface area contributed by atoms with E-state index >= 15 is 0 Å². The van der Waals surface area contributed by atoms with Crippen LogP contribution in [0.2, 0.25) is 0 Å². The van der Waals surface area contributed by atoms with Crippen molar-refractivity contribution >= 4 is 69.5 Å². The Bertz CT molecular complexity index is 1380. The average molecular weight is 611 g/mol. The number of nitrogens with one attached hydrogen (secondary N) is 1. The normalized spacial score (nSPS) is 19.5. The number of nitrogens with two attached hydrogens (primary N) is 1. The molecular weight excluding hydrogens is 587 g/mol. The number of nitrogen functional groups attached to an aromatic ring is 1. The van der Waals surface area contributed by atoms with Crippen molar-refractivity contribution < 1.29 is 43.2 Å². The van der Waals surface area contributed by atoms with Crippen LogP contribution in [0.25, 0.3) is 0 Å². The molecule has 3 atom stereocenters. The third kappa shape index (κ3) is 6.37. The molecule has 17 heteroatoms. The van der Waals surface area contributed by atoms with Gasteiger partial charge in [0.2, 0.25) is 6.10 Å². The van der Waals surface area contributed by atoms with Gasteiger partial charge in [0, 0.05) is 33.9 Å². The summed E-state index contributed by atoms with van der Waals surface area (Å²) in [6.07, 6.45) is 2.07. The fourth-order valence-corrected chi connectivity index (χ4v) is 6.64. The zero-order chi connectivity index (χ0) is 29.0. The number of fused-ring (bicyclic) bond motifs is 1. The molecule has 2 amide bonds. The van der Waals surface area contributed by atoms with Crippen molar-refractivity contribution in [2.24, 2.45) is 5.16 Å². The first-order chi connectivity index (χ1) is 19.1. The number of halogens is 1. The van der Waals surface area contributed by atoms with E-state index in [2.05, 4.69) is 15.5 Å². The summed E-state index contributed by atoms with van der Waals surface area (Å²) in [5.41, 5.74) is 5.52. The highest BCUT2D eigenvalue weighted by Gasteiger charge is 2.53. The number of aromatic nitrogens is 2. The molecule has 1 fully saturated rings. The number of hydrogen-bond donors (Lipinski definition) is 3. The molecule has 0 bridgehead atoms. The van der Waals surface area contributed by atoms with Gasteiger partial charge in [0.05, 0.1) is 11.7 Å². The molecule has 13 nitrogen and oxygen atoms in total. The summed E-state index contributed by atoms with van der Waals surface area (Å²) in [6.45, 7) is 0.957. The second kappa shape index (κ2) is 12.6. The number of carboxylic acids is 2. The molecule has 2 aliphatic heterocycles. The van der Waals surface area contributed by atoms with Gasteiger partial charge in [0.1, 0.15) is 23.8 Å². The number of pyridine rings is 1. The maximum Gasteiger partial charge on any atom is 0.347 e. The standard InChI is InChI=1S/C23H23FN6O7S3/c1-11(21(33)34)37-28-15(14-10-40-23(25)26-14)18(31)27-16-19(32)30-17(22(35)36)12(9-39-20(16)30)8-38-13-2-5-29(6-3-13)7-4-24/h2-3,5-6,10-11,16,20H,4,7-9H2,1H3,(H4-,25,26,27,31,33,34,35,36)/b28-15-/t11?,16-,20-/m1/s1. The zero-order valence-corrected chi connectivity index (χ0v) is 23.3. The summed E-state index contributed by atoms with van der Waals surface area (Å²) in [4.78, 5) is 60.0. The second-order valence-corrected chi connectivity index (χ2v) is 11.5. The van der Waals surface area contributed by atoms with Crippen molar-refractivity contribution in [2.75, 3.05) is 23.9 Å². The predicted molar refractivity (Wildman–Crippen MR) is 142 cm³/mol. The van der Waals surface area contributed by atoms with Gasteiger partial charge in [-0.3, -0.25) is 14.5 Å². The van der Waals surface area contributed by atoms with Crippen LogP contribution in [0.3, 0.4) is 0 Å². The number of hydrogen-bond acceptors (Lipinski definition) is 12. The van der Waals surface area contributed by atoms with Gasteiger partial charge in [-0.2, -0.15) is 0 Å². The number of β-lactam (4-membered cyclic amide) rings is 1. The number of oxime groups is 1. The van der Waals surface area contributed by atoms with E-state index in [4.69, 9.17) is 15.7 Å². The van der Waals surface area contributed by atoms with Gasteiger partial charge in [-0.25, -0.2) is 18.7 Å². The van der Waals surface area contributed by atoms with Crippen LogP contribution < -0.4 is 20.7 Å². The van der Waals surface area contributed by atoms with E-state index in [1.165, 1.54) is 35.8 Å². The Morgan fingerprint density at radius 2 is 2.15 bits per heavy atom. The minimum atomic E-state index is -1.51. The number of rotatable bonds is 12. The van der Waals surface area contributed by atoms with Crippen LogP contribution in [-0.4, -0.2) is 80.2 Å². The molecule has 0 spiro atoms. The summed E-state index contributed by atoms with van der Waals surface area (Å²) in [6, 6.07) is 2.49. The van der Waals surface area contributed by atoms with E-state index in [-0.39, 0.29) is 34.6 Å². The molecule has 0 aromatic carbocycles. The number of aryl methyl sites for hydroxylation is 1. The van der Waals surface area contributed by atoms with Gasteiger partial charge in [0.25, 0.3) is 11.8 Å². The van der Waals surface area contributed by atoms with Crippen molar-refractivity contribution in [2.45, 2.75) is 35.9 Å². The molecule has 4 N–H and O–H groups in total. The molecule has 1 saturated heterocycles. The van der Waals surface area contributed by atoms with Gasteiger partial charge in [-0.1, -0.05) is 5.16 Å². The number of amides is 2. The molecule has 2 aromatic rings. The third-order valence-electron chi connectivity index (χ3n) is 5.77. The maximum atomic E-state index is 13.1. The Morgan fingerprint density at radius 1 is 1.43 bits per heavy atom. The molecule has 1 unspecified atom stereocenters. The topological polar surface area (TPSA) is 191 Å². The number of carbonyl (C=O) groups excluding carboxylic acids is 3. The minimum Gasteiger partial charge on any atom is -0.543 e. The van der Waals surface area contributed by atoms with E-state index < -0.39 is 53.7 Å². The average Bonchev–Trinajstić information content (AvgIpc) is 3.36. The summed E-state index contributed by atoms with van der Waals surface area (Å²) in [5, 5.41) is 28.1. The quantitative estimate of drug-likeness (QED) is 0.0912. The third-order valence-corrected chi connectivity index (χ3v) is 8.88. The van der Waals surface area contributed by atoms with Crippen LogP contribution in [0.1, 0.15) is 12.6 Å². The molecule has 4 heterocycles. The lowest BCUT2D eigenvalue weighted by Crippen LogP contribution is -2.71. The van der Waals surface area contributed by atoms with E-state index in [1.807, 2.05) is 0 Å². The Hall–Kier alpha value is -3.70. The van der Waals surface area contributed by atoms with Gasteiger partial charge < -0.3 is 30.9 Å². The zero-order valence-electron chi connectivity index (χ0n) is 20.8. The van der Waals surface area contributed by atoms with Gasteiger partial charge in [-0.15, -0.1) is 34.9 Å². The van der Waals surface area contributed by atoms with Crippen molar-refractivity contribution in [3.8, 4) is 0 Å². The van der Waals surface area contributed by atoms with E-state index in [0.29, 0.717) is 5.57 Å². The summed E-state index contributed by atoms with van der Waals surface area (Å²) >= 11 is 3.65. The Morgan fingerprint density at radius 3 is 2.75 bits per heavy atom. The number of alkyl halides is 1. The minimum absolute atomic E-state index is 0.0169. The Kier molecular flexibility index (Phi) is 9.26. The lowest BCUT2D eigenvalue weighted by molar-refractivity contribution is -0.697. The van der Waals surface area contributed by atoms with Crippen LogP contribution >= 0.6 is 34.9 Å². The van der Waals surface area contributed by atoms with Crippen LogP contribution in [0.4, 0.5) is 9.52 Å². The molecule has 40 heavy (non-hydrogen) atoms. The fourth-order valence-electron chi connectivity index (χ4n) is 3.73. The maximum absolute atomic E-state index is 13.1. The number of thioether (sulfide) groups is 2. The lowest BCUT2D eigenvalue weighted by atomic mass is 10.0. The van der Waals surface area contributed by atoms with Gasteiger partial charge in [-0.05, 0) is 12.5 Å². The van der Waals surface area contributed by atoms with Crippen molar-refractivity contribution in [3.05, 3.63) is 46.9 Å². The molecule has 2 aliphatic rings. The highest BCUT2D eigenvalue weighted by molar-refractivity contribution is 8.01. The summed E-state index contributed by atoms with van der Waals surface area (Å²) in [7, 11) is 0. The first-order valence-electron chi connectivity index (χ1n) is 11.7. The lowest BCUT2D eigenvalue weighted by Gasteiger charge is -2.50. The Labute approximate surface area is 239 Å². The molecular formula is C23H23FN6O7S3. The van der Waals surface area contributed by atoms with E-state index in [1.54, 1.807) is 29.1 Å². The Balaban J connectivity index is 1.47. The molecule has 212 valence electrons. The van der Waals surface area contributed by atoms with Crippen molar-refractivity contribution in [3.63, 3.8) is 0 Å². The highest BCUT2D eigenvalue weighted by Crippen LogP contribution is 2.41. The van der Waals surface area contributed by atoms with Crippen LogP contribution in [0.5, 0.6) is 0 Å². The number of anilines is 1. The largest absolute Gasteiger partial charge is 0.543 e. The monoisotopic (exact) mass is 610 g/mol. The molecule has 2 aromatic heterocycles. The molecule has 0 aliphatic carbocycles. The van der Waals surface area contributed by atoms with Crippen LogP contribution in [-0.2, 0) is 30.6 Å². The molecule has 0 radical (unpaired) electrons. The molecule has 4 rings (SSSR count). The second-order valence-electron chi connectivity index (χ2n) is 8.45. The van der Waals surface area contributed by atoms with Crippen LogP contribution in [0.15, 0.2) is 51.2 Å². The van der Waals surface area contributed by atoms with Crippen molar-refractivity contribution in [1.29, 1.82) is 0 Å². The number of aliphatic carboxylic acids is 2. The van der Waals surface area contributed by atoms with E-state index in [9.17, 15) is 28.7 Å².